The molecule has 0 aliphatic heterocycles. The van der Waals surface area contributed by atoms with Crippen LogP contribution in [0.4, 0.5) is 0 Å². The first kappa shape index (κ1) is 16.0. The van der Waals surface area contributed by atoms with Crippen LogP contribution in [0.15, 0.2) is 48.7 Å². The summed E-state index contributed by atoms with van der Waals surface area (Å²) in [6, 6.07) is 14.1. The molecule has 2 unspecified atom stereocenters. The number of nitrogens with one attached hydrogen (secondary N) is 1. The van der Waals surface area contributed by atoms with Crippen LogP contribution in [0.3, 0.4) is 0 Å². The maximum atomic E-state index is 10.0. The van der Waals surface area contributed by atoms with Crippen molar-refractivity contribution in [2.45, 2.75) is 51.0 Å². The number of hydrogen-bond donors (Lipinski definition) is 2. The molecule has 23 heavy (non-hydrogen) atoms. The quantitative estimate of drug-likeness (QED) is 0.861. The zero-order valence-electron chi connectivity index (χ0n) is 13.3. The van der Waals surface area contributed by atoms with Crippen molar-refractivity contribution in [2.24, 2.45) is 0 Å². The van der Waals surface area contributed by atoms with Crippen molar-refractivity contribution in [1.29, 1.82) is 0 Å². The van der Waals surface area contributed by atoms with Gasteiger partial charge in [-0.15, -0.1) is 0 Å². The number of rotatable bonds is 6. The van der Waals surface area contributed by atoms with Crippen LogP contribution in [0.1, 0.15) is 36.9 Å². The molecular weight excluding hydrogens is 288 g/mol. The van der Waals surface area contributed by atoms with Crippen molar-refractivity contribution in [3.05, 3.63) is 59.9 Å². The molecule has 0 radical (unpaired) electrons. The van der Waals surface area contributed by atoms with Gasteiger partial charge in [0, 0.05) is 18.8 Å². The van der Waals surface area contributed by atoms with Crippen LogP contribution in [0.5, 0.6) is 5.75 Å². The van der Waals surface area contributed by atoms with Crippen LogP contribution in [0.25, 0.3) is 0 Å². The molecule has 1 aliphatic carbocycles. The van der Waals surface area contributed by atoms with Gasteiger partial charge in [0.05, 0.1) is 11.8 Å². The third kappa shape index (κ3) is 4.78. The molecule has 1 fully saturated rings. The molecule has 3 rings (SSSR count). The summed E-state index contributed by atoms with van der Waals surface area (Å²) in [6.45, 7) is 1.22. The molecule has 4 nitrogen and oxygen atoms in total. The highest BCUT2D eigenvalue weighted by Crippen LogP contribution is 2.20. The lowest BCUT2D eigenvalue weighted by molar-refractivity contribution is 0.0902. The second-order valence-electron chi connectivity index (χ2n) is 6.10. The van der Waals surface area contributed by atoms with E-state index < -0.39 is 0 Å². The van der Waals surface area contributed by atoms with E-state index in [0.717, 1.165) is 37.3 Å². The fourth-order valence-electron chi connectivity index (χ4n) is 2.98. The highest BCUT2D eigenvalue weighted by molar-refractivity contribution is 5.28. The molecule has 0 bridgehead atoms. The molecule has 1 saturated carbocycles. The van der Waals surface area contributed by atoms with Crippen molar-refractivity contribution in [3.63, 3.8) is 0 Å². The number of ether oxygens (including phenoxy) is 1. The number of aliphatic hydroxyl groups excluding tert-OH is 1. The average Bonchev–Trinajstić information content (AvgIpc) is 2.61. The van der Waals surface area contributed by atoms with Gasteiger partial charge in [0.25, 0.3) is 0 Å². The number of pyridine rings is 1. The Kier molecular flexibility index (Phi) is 5.61. The van der Waals surface area contributed by atoms with Crippen LogP contribution in [-0.4, -0.2) is 22.2 Å². The van der Waals surface area contributed by atoms with Crippen molar-refractivity contribution >= 4 is 0 Å². The first-order valence-corrected chi connectivity index (χ1v) is 8.34. The van der Waals surface area contributed by atoms with Crippen LogP contribution < -0.4 is 10.1 Å². The lowest BCUT2D eigenvalue weighted by atomic mass is 9.92. The second-order valence-corrected chi connectivity index (χ2v) is 6.10. The monoisotopic (exact) mass is 312 g/mol. The summed E-state index contributed by atoms with van der Waals surface area (Å²) in [4.78, 5) is 4.26. The van der Waals surface area contributed by atoms with E-state index in [2.05, 4.69) is 16.4 Å². The first-order chi connectivity index (χ1) is 11.3. The Morgan fingerprint density at radius 3 is 2.87 bits per heavy atom. The van der Waals surface area contributed by atoms with Crippen LogP contribution in [0, 0.1) is 0 Å². The minimum absolute atomic E-state index is 0.210. The minimum Gasteiger partial charge on any atom is -0.487 e. The molecule has 1 aliphatic rings. The highest BCUT2D eigenvalue weighted by Gasteiger charge is 2.22. The van der Waals surface area contributed by atoms with E-state index in [1.165, 1.54) is 12.0 Å². The lowest BCUT2D eigenvalue weighted by Gasteiger charge is -2.28. The van der Waals surface area contributed by atoms with Gasteiger partial charge in [-0.25, -0.2) is 0 Å². The van der Waals surface area contributed by atoms with E-state index in [1.807, 2.05) is 36.4 Å². The van der Waals surface area contributed by atoms with Gasteiger partial charge in [-0.1, -0.05) is 31.0 Å². The van der Waals surface area contributed by atoms with Gasteiger partial charge < -0.3 is 15.2 Å². The summed E-state index contributed by atoms with van der Waals surface area (Å²) in [5, 5.41) is 13.5. The van der Waals surface area contributed by atoms with E-state index in [-0.39, 0.29) is 12.1 Å². The van der Waals surface area contributed by atoms with Crippen LogP contribution in [0.2, 0.25) is 0 Å². The lowest BCUT2D eigenvalue weighted by Crippen LogP contribution is -2.41. The molecule has 1 aromatic heterocycles. The molecule has 2 N–H and O–H groups in total. The van der Waals surface area contributed by atoms with E-state index in [0.29, 0.717) is 6.61 Å². The summed E-state index contributed by atoms with van der Waals surface area (Å²) >= 11 is 0. The SMILES string of the molecule is OC1CCCCC1NCc1cccc(OCc2ccccn2)c1. The Morgan fingerprint density at radius 1 is 1.13 bits per heavy atom. The number of nitrogens with zero attached hydrogens (tertiary/aromatic N) is 1. The molecule has 1 aromatic carbocycles. The number of aromatic nitrogens is 1. The molecule has 2 atom stereocenters. The van der Waals surface area contributed by atoms with Crippen LogP contribution >= 0.6 is 0 Å². The summed E-state index contributed by atoms with van der Waals surface area (Å²) in [7, 11) is 0. The molecule has 122 valence electrons. The summed E-state index contributed by atoms with van der Waals surface area (Å²) in [5.74, 6) is 0.846. The van der Waals surface area contributed by atoms with Gasteiger partial charge in [0.1, 0.15) is 12.4 Å². The second kappa shape index (κ2) is 8.09. The first-order valence-electron chi connectivity index (χ1n) is 8.34. The summed E-state index contributed by atoms with van der Waals surface area (Å²) < 4.78 is 5.81. The Labute approximate surface area is 137 Å². The normalized spacial score (nSPS) is 21.1. The van der Waals surface area contributed by atoms with Crippen molar-refractivity contribution in [2.75, 3.05) is 0 Å². The molecule has 0 amide bonds. The van der Waals surface area contributed by atoms with E-state index >= 15 is 0 Å². The molecule has 0 saturated heterocycles. The van der Waals surface area contributed by atoms with Gasteiger partial charge in [0.15, 0.2) is 0 Å². The van der Waals surface area contributed by atoms with Crippen molar-refractivity contribution in [1.82, 2.24) is 10.3 Å². The zero-order chi connectivity index (χ0) is 15.9. The molecule has 2 aromatic rings. The standard InChI is InChI=1S/C19H24N2O2/c22-19-10-2-1-9-18(19)21-13-15-6-5-8-17(12-15)23-14-16-7-3-4-11-20-16/h3-8,11-12,18-19,21-22H,1-2,9-10,13-14H2. The molecule has 4 heteroatoms. The Morgan fingerprint density at radius 2 is 2.04 bits per heavy atom. The zero-order valence-corrected chi connectivity index (χ0v) is 13.3. The summed E-state index contributed by atoms with van der Waals surface area (Å²) in [6.07, 6.45) is 5.85. The Balaban J connectivity index is 1.52. The summed E-state index contributed by atoms with van der Waals surface area (Å²) in [5.41, 5.74) is 2.09. The van der Waals surface area contributed by atoms with E-state index in [1.54, 1.807) is 6.20 Å². The predicted molar refractivity (Wildman–Crippen MR) is 90.1 cm³/mol. The largest absolute Gasteiger partial charge is 0.487 e. The average molecular weight is 312 g/mol. The maximum absolute atomic E-state index is 10.0. The smallest absolute Gasteiger partial charge is 0.130 e. The maximum Gasteiger partial charge on any atom is 0.130 e. The van der Waals surface area contributed by atoms with E-state index in [9.17, 15) is 5.11 Å². The van der Waals surface area contributed by atoms with Gasteiger partial charge in [-0.05, 0) is 42.7 Å². The Hall–Kier alpha value is -1.91. The van der Waals surface area contributed by atoms with Gasteiger partial charge in [-0.2, -0.15) is 0 Å². The van der Waals surface area contributed by atoms with Gasteiger partial charge in [-0.3, -0.25) is 4.98 Å². The van der Waals surface area contributed by atoms with Gasteiger partial charge >= 0.3 is 0 Å². The third-order valence-corrected chi connectivity index (χ3v) is 4.31. The Bertz CT molecular complexity index is 603. The predicted octanol–water partition coefficient (Wildman–Crippen LogP) is 3.05. The number of aliphatic hydroxyl groups is 1. The highest BCUT2D eigenvalue weighted by atomic mass is 16.5. The molecule has 0 spiro atoms. The molecule has 1 heterocycles. The third-order valence-electron chi connectivity index (χ3n) is 4.31. The molecular formula is C19H24N2O2. The number of benzene rings is 1. The fourth-order valence-corrected chi connectivity index (χ4v) is 2.98. The van der Waals surface area contributed by atoms with Crippen molar-refractivity contribution < 1.29 is 9.84 Å². The minimum atomic E-state index is -0.215. The number of hydrogen-bond acceptors (Lipinski definition) is 4. The van der Waals surface area contributed by atoms with Crippen molar-refractivity contribution in [3.8, 4) is 5.75 Å². The van der Waals surface area contributed by atoms with Crippen LogP contribution in [-0.2, 0) is 13.2 Å². The van der Waals surface area contributed by atoms with Gasteiger partial charge in [0.2, 0.25) is 0 Å². The fraction of sp³-hybridized carbons (Fsp3) is 0.421. The van der Waals surface area contributed by atoms with E-state index in [4.69, 9.17) is 4.74 Å². The topological polar surface area (TPSA) is 54.4 Å².